The van der Waals surface area contributed by atoms with Crippen molar-refractivity contribution >= 4 is 34.8 Å². The van der Waals surface area contributed by atoms with Gasteiger partial charge in [0.05, 0.1) is 10.6 Å². The Hall–Kier alpha value is -2.38. The van der Waals surface area contributed by atoms with Crippen LogP contribution >= 0.6 is 23.1 Å². The van der Waals surface area contributed by atoms with Crippen LogP contribution in [-0.2, 0) is 10.5 Å². The molecule has 5 nitrogen and oxygen atoms in total. The fourth-order valence-corrected chi connectivity index (χ4v) is 4.73. The van der Waals surface area contributed by atoms with E-state index >= 15 is 0 Å². The van der Waals surface area contributed by atoms with Crippen LogP contribution in [0.3, 0.4) is 0 Å². The number of rotatable bonds is 6. The third-order valence-corrected chi connectivity index (χ3v) is 6.60. The van der Waals surface area contributed by atoms with Gasteiger partial charge >= 0.3 is 0 Å². The summed E-state index contributed by atoms with van der Waals surface area (Å²) in [7, 11) is 0. The quantitative estimate of drug-likeness (QED) is 0.619. The predicted octanol–water partition coefficient (Wildman–Crippen LogP) is 3.79. The lowest BCUT2D eigenvalue weighted by Crippen LogP contribution is -2.49. The molecule has 1 aliphatic rings. The zero-order valence-electron chi connectivity index (χ0n) is 15.5. The van der Waals surface area contributed by atoms with Gasteiger partial charge in [-0.3, -0.25) is 4.79 Å². The van der Waals surface area contributed by atoms with E-state index in [9.17, 15) is 4.79 Å². The van der Waals surface area contributed by atoms with Crippen molar-refractivity contribution in [3.8, 4) is 10.6 Å². The molecule has 2 aromatic heterocycles. The Morgan fingerprint density at radius 3 is 2.46 bits per heavy atom. The van der Waals surface area contributed by atoms with Gasteiger partial charge in [0.1, 0.15) is 5.69 Å². The number of anilines is 1. The SMILES string of the molecule is O=C(CSCc1ccccc1)N1CCN(c2ccc(-c3cccs3)nn2)CC1. The number of hydrogen-bond donors (Lipinski definition) is 0. The molecule has 1 aliphatic heterocycles. The van der Waals surface area contributed by atoms with Crippen LogP contribution in [0.15, 0.2) is 60.0 Å². The number of benzene rings is 1. The molecule has 0 N–H and O–H groups in total. The average Bonchev–Trinajstić information content (AvgIpc) is 3.30. The highest BCUT2D eigenvalue weighted by Gasteiger charge is 2.22. The summed E-state index contributed by atoms with van der Waals surface area (Å²) in [5.74, 6) is 2.51. The summed E-state index contributed by atoms with van der Waals surface area (Å²) in [6.45, 7) is 3.06. The average molecular weight is 411 g/mol. The van der Waals surface area contributed by atoms with E-state index < -0.39 is 0 Å². The zero-order valence-corrected chi connectivity index (χ0v) is 17.2. The summed E-state index contributed by atoms with van der Waals surface area (Å²) >= 11 is 3.34. The van der Waals surface area contributed by atoms with Crippen LogP contribution in [-0.4, -0.2) is 52.9 Å². The number of carbonyl (C=O) groups excluding carboxylic acids is 1. The highest BCUT2D eigenvalue weighted by molar-refractivity contribution is 7.99. The lowest BCUT2D eigenvalue weighted by atomic mass is 10.2. The van der Waals surface area contributed by atoms with Gasteiger partial charge in [0.15, 0.2) is 5.82 Å². The third-order valence-electron chi connectivity index (χ3n) is 4.72. The maximum Gasteiger partial charge on any atom is 0.232 e. The molecule has 0 unspecified atom stereocenters. The second-order valence-corrected chi connectivity index (χ2v) is 8.53. The van der Waals surface area contributed by atoms with Crippen molar-refractivity contribution in [3.05, 3.63) is 65.5 Å². The molecule has 1 amide bonds. The molecule has 1 aromatic carbocycles. The second kappa shape index (κ2) is 9.21. The lowest BCUT2D eigenvalue weighted by Gasteiger charge is -2.35. The Bertz CT molecular complexity index is 877. The van der Waals surface area contributed by atoms with E-state index in [2.05, 4.69) is 33.3 Å². The van der Waals surface area contributed by atoms with Crippen LogP contribution in [0.25, 0.3) is 10.6 Å². The topological polar surface area (TPSA) is 49.3 Å². The molecule has 28 heavy (non-hydrogen) atoms. The van der Waals surface area contributed by atoms with Crippen molar-refractivity contribution in [2.24, 2.45) is 0 Å². The number of aromatic nitrogens is 2. The first kappa shape index (κ1) is 19.0. The molecule has 0 radical (unpaired) electrons. The van der Waals surface area contributed by atoms with E-state index in [4.69, 9.17) is 0 Å². The smallest absolute Gasteiger partial charge is 0.232 e. The minimum absolute atomic E-state index is 0.222. The summed E-state index contributed by atoms with van der Waals surface area (Å²) < 4.78 is 0. The first-order valence-corrected chi connectivity index (χ1v) is 11.3. The molecular formula is C21H22N4OS2. The largest absolute Gasteiger partial charge is 0.352 e. The van der Waals surface area contributed by atoms with Gasteiger partial charge in [-0.2, -0.15) is 0 Å². The van der Waals surface area contributed by atoms with Crippen molar-refractivity contribution in [1.82, 2.24) is 15.1 Å². The highest BCUT2D eigenvalue weighted by atomic mass is 32.2. The number of hydrogen-bond acceptors (Lipinski definition) is 6. The molecule has 0 atom stereocenters. The van der Waals surface area contributed by atoms with Crippen LogP contribution in [0.4, 0.5) is 5.82 Å². The maximum atomic E-state index is 12.5. The first-order chi connectivity index (χ1) is 13.8. The summed E-state index contributed by atoms with van der Waals surface area (Å²) in [6.07, 6.45) is 0. The van der Waals surface area contributed by atoms with E-state index in [0.29, 0.717) is 5.75 Å². The molecule has 1 saturated heterocycles. The molecule has 0 spiro atoms. The molecule has 7 heteroatoms. The molecule has 0 bridgehead atoms. The van der Waals surface area contributed by atoms with Gasteiger partial charge in [0.25, 0.3) is 0 Å². The number of piperazine rings is 1. The number of thioether (sulfide) groups is 1. The fourth-order valence-electron chi connectivity index (χ4n) is 3.16. The third kappa shape index (κ3) is 4.72. The first-order valence-electron chi connectivity index (χ1n) is 9.31. The van der Waals surface area contributed by atoms with Crippen LogP contribution in [0.2, 0.25) is 0 Å². The molecule has 0 saturated carbocycles. The minimum Gasteiger partial charge on any atom is -0.352 e. The Kier molecular flexibility index (Phi) is 6.24. The van der Waals surface area contributed by atoms with Crippen molar-refractivity contribution < 1.29 is 4.79 Å². The van der Waals surface area contributed by atoms with Crippen LogP contribution in [0.1, 0.15) is 5.56 Å². The van der Waals surface area contributed by atoms with E-state index in [0.717, 1.165) is 48.3 Å². The van der Waals surface area contributed by atoms with Gasteiger partial charge in [-0.25, -0.2) is 0 Å². The zero-order chi connectivity index (χ0) is 19.2. The van der Waals surface area contributed by atoms with Crippen LogP contribution in [0, 0.1) is 0 Å². The molecule has 3 aromatic rings. The Balaban J connectivity index is 1.24. The molecular weight excluding hydrogens is 388 g/mol. The van der Waals surface area contributed by atoms with Crippen molar-refractivity contribution in [3.63, 3.8) is 0 Å². The number of nitrogens with zero attached hydrogens (tertiary/aromatic N) is 4. The number of amides is 1. The van der Waals surface area contributed by atoms with E-state index in [1.54, 1.807) is 23.1 Å². The molecule has 0 aliphatic carbocycles. The summed E-state index contributed by atoms with van der Waals surface area (Å²) in [5.41, 5.74) is 2.16. The predicted molar refractivity (Wildman–Crippen MR) is 117 cm³/mol. The highest BCUT2D eigenvalue weighted by Crippen LogP contribution is 2.23. The molecule has 4 rings (SSSR count). The van der Waals surface area contributed by atoms with Crippen molar-refractivity contribution in [2.45, 2.75) is 5.75 Å². The minimum atomic E-state index is 0.222. The van der Waals surface area contributed by atoms with Crippen molar-refractivity contribution in [2.75, 3.05) is 36.8 Å². The summed E-state index contributed by atoms with van der Waals surface area (Å²) in [6, 6.07) is 18.4. The van der Waals surface area contributed by atoms with Crippen molar-refractivity contribution in [1.29, 1.82) is 0 Å². The maximum absolute atomic E-state index is 12.5. The summed E-state index contributed by atoms with van der Waals surface area (Å²) in [4.78, 5) is 17.8. The van der Waals surface area contributed by atoms with E-state index in [1.165, 1.54) is 5.56 Å². The monoisotopic (exact) mass is 410 g/mol. The van der Waals surface area contributed by atoms with E-state index in [-0.39, 0.29) is 5.91 Å². The standard InChI is InChI=1S/C21H22N4OS2/c26-21(16-27-15-17-5-2-1-3-6-17)25-12-10-24(11-13-25)20-9-8-18(22-23-20)19-7-4-14-28-19/h1-9,14H,10-13,15-16H2. The number of thiophene rings is 1. The summed E-state index contributed by atoms with van der Waals surface area (Å²) in [5, 5.41) is 10.8. The second-order valence-electron chi connectivity index (χ2n) is 6.60. The molecule has 1 fully saturated rings. The van der Waals surface area contributed by atoms with Gasteiger partial charge in [-0.15, -0.1) is 33.3 Å². The Labute approximate surface area is 173 Å². The fraction of sp³-hybridized carbons (Fsp3) is 0.286. The van der Waals surface area contributed by atoms with Gasteiger partial charge in [0.2, 0.25) is 5.91 Å². The van der Waals surface area contributed by atoms with Crippen LogP contribution in [0.5, 0.6) is 0 Å². The van der Waals surface area contributed by atoms with Gasteiger partial charge in [-0.05, 0) is 29.1 Å². The Morgan fingerprint density at radius 2 is 1.79 bits per heavy atom. The normalized spacial score (nSPS) is 14.3. The van der Waals surface area contributed by atoms with Crippen LogP contribution < -0.4 is 4.90 Å². The number of carbonyl (C=O) groups is 1. The molecule has 3 heterocycles. The van der Waals surface area contributed by atoms with Gasteiger partial charge in [-0.1, -0.05) is 36.4 Å². The van der Waals surface area contributed by atoms with Gasteiger partial charge < -0.3 is 9.80 Å². The van der Waals surface area contributed by atoms with E-state index in [1.807, 2.05) is 46.7 Å². The molecule has 144 valence electrons. The Morgan fingerprint density at radius 1 is 0.964 bits per heavy atom. The lowest BCUT2D eigenvalue weighted by molar-refractivity contribution is -0.128. The van der Waals surface area contributed by atoms with Gasteiger partial charge in [0, 0.05) is 31.9 Å².